The zero-order valence-corrected chi connectivity index (χ0v) is 17.7. The van der Waals surface area contributed by atoms with Gasteiger partial charge in [0.15, 0.2) is 5.96 Å². The molecule has 148 valence electrons. The van der Waals surface area contributed by atoms with E-state index in [0.29, 0.717) is 6.54 Å². The second kappa shape index (κ2) is 12.5. The number of furan rings is 1. The number of ether oxygens (including phenoxy) is 2. The SMILES string of the molecule is I.c1coc(CCNC(=NCC2CCCO2)NCCN2CCOCC2)c1. The van der Waals surface area contributed by atoms with E-state index < -0.39 is 0 Å². The van der Waals surface area contributed by atoms with Gasteiger partial charge < -0.3 is 24.5 Å². The van der Waals surface area contributed by atoms with Crippen molar-refractivity contribution in [3.05, 3.63) is 24.2 Å². The number of guanidine groups is 1. The van der Waals surface area contributed by atoms with Crippen molar-refractivity contribution in [2.24, 2.45) is 4.99 Å². The maximum absolute atomic E-state index is 5.67. The van der Waals surface area contributed by atoms with Crippen LogP contribution in [0.4, 0.5) is 0 Å². The van der Waals surface area contributed by atoms with Crippen LogP contribution in [0.15, 0.2) is 27.8 Å². The molecular formula is C18H31IN4O3. The smallest absolute Gasteiger partial charge is 0.191 e. The molecule has 3 heterocycles. The maximum atomic E-state index is 5.67. The molecule has 0 saturated carbocycles. The van der Waals surface area contributed by atoms with Crippen molar-refractivity contribution in [1.29, 1.82) is 0 Å². The Morgan fingerprint density at radius 3 is 2.77 bits per heavy atom. The van der Waals surface area contributed by atoms with Crippen molar-refractivity contribution in [1.82, 2.24) is 15.5 Å². The lowest BCUT2D eigenvalue weighted by Crippen LogP contribution is -2.45. The van der Waals surface area contributed by atoms with E-state index in [1.165, 1.54) is 0 Å². The highest BCUT2D eigenvalue weighted by molar-refractivity contribution is 14.0. The van der Waals surface area contributed by atoms with Gasteiger partial charge in [0.1, 0.15) is 5.76 Å². The predicted molar refractivity (Wildman–Crippen MR) is 112 cm³/mol. The van der Waals surface area contributed by atoms with Crippen LogP contribution < -0.4 is 10.6 Å². The molecule has 3 rings (SSSR count). The third-order valence-electron chi connectivity index (χ3n) is 4.55. The number of nitrogens with zero attached hydrogens (tertiary/aromatic N) is 2. The Hall–Kier alpha value is -0.840. The molecule has 0 aromatic carbocycles. The summed E-state index contributed by atoms with van der Waals surface area (Å²) in [4.78, 5) is 7.12. The minimum Gasteiger partial charge on any atom is -0.469 e. The number of nitrogens with one attached hydrogen (secondary N) is 2. The molecule has 0 bridgehead atoms. The van der Waals surface area contributed by atoms with Crippen LogP contribution in [0.3, 0.4) is 0 Å². The fraction of sp³-hybridized carbons (Fsp3) is 0.722. The Morgan fingerprint density at radius 1 is 1.19 bits per heavy atom. The zero-order valence-electron chi connectivity index (χ0n) is 15.3. The van der Waals surface area contributed by atoms with Crippen LogP contribution in [0.5, 0.6) is 0 Å². The van der Waals surface area contributed by atoms with Crippen LogP contribution in [0.1, 0.15) is 18.6 Å². The molecule has 1 atom stereocenters. The molecule has 2 saturated heterocycles. The molecule has 2 aliphatic heterocycles. The Morgan fingerprint density at radius 2 is 2.04 bits per heavy atom. The molecular weight excluding hydrogens is 447 g/mol. The largest absolute Gasteiger partial charge is 0.469 e. The van der Waals surface area contributed by atoms with Gasteiger partial charge in [-0.25, -0.2) is 0 Å². The van der Waals surface area contributed by atoms with Crippen molar-refractivity contribution in [2.75, 3.05) is 59.1 Å². The van der Waals surface area contributed by atoms with E-state index in [1.54, 1.807) is 6.26 Å². The highest BCUT2D eigenvalue weighted by atomic mass is 127. The van der Waals surface area contributed by atoms with Crippen molar-refractivity contribution >= 4 is 29.9 Å². The summed E-state index contributed by atoms with van der Waals surface area (Å²) in [7, 11) is 0. The Labute approximate surface area is 172 Å². The predicted octanol–water partition coefficient (Wildman–Crippen LogP) is 1.49. The quantitative estimate of drug-likeness (QED) is 0.335. The van der Waals surface area contributed by atoms with Gasteiger partial charge in [-0.05, 0) is 25.0 Å². The molecule has 26 heavy (non-hydrogen) atoms. The van der Waals surface area contributed by atoms with Crippen LogP contribution in [0.2, 0.25) is 0 Å². The summed E-state index contributed by atoms with van der Waals surface area (Å²) in [6, 6.07) is 3.92. The summed E-state index contributed by atoms with van der Waals surface area (Å²) < 4.78 is 16.4. The Kier molecular flexibility index (Phi) is 10.3. The van der Waals surface area contributed by atoms with Crippen molar-refractivity contribution in [3.8, 4) is 0 Å². The number of aliphatic imine (C=N–C) groups is 1. The van der Waals surface area contributed by atoms with Gasteiger partial charge in [0.25, 0.3) is 0 Å². The minimum atomic E-state index is 0. The number of halogens is 1. The topological polar surface area (TPSA) is 71.3 Å². The Bertz CT molecular complexity index is 501. The summed E-state index contributed by atoms with van der Waals surface area (Å²) >= 11 is 0. The van der Waals surface area contributed by atoms with Gasteiger partial charge in [-0.1, -0.05) is 0 Å². The number of rotatable bonds is 8. The first kappa shape index (κ1) is 21.5. The maximum Gasteiger partial charge on any atom is 0.191 e. The summed E-state index contributed by atoms with van der Waals surface area (Å²) in [5.74, 6) is 1.84. The highest BCUT2D eigenvalue weighted by Crippen LogP contribution is 2.11. The lowest BCUT2D eigenvalue weighted by molar-refractivity contribution is 0.0389. The molecule has 7 nitrogen and oxygen atoms in total. The van der Waals surface area contributed by atoms with E-state index in [4.69, 9.17) is 18.9 Å². The van der Waals surface area contributed by atoms with E-state index in [9.17, 15) is 0 Å². The van der Waals surface area contributed by atoms with Crippen LogP contribution >= 0.6 is 24.0 Å². The number of hydrogen-bond acceptors (Lipinski definition) is 5. The van der Waals surface area contributed by atoms with Crippen molar-refractivity contribution < 1.29 is 13.9 Å². The van der Waals surface area contributed by atoms with Gasteiger partial charge in [0.2, 0.25) is 0 Å². The number of morpholine rings is 1. The van der Waals surface area contributed by atoms with Crippen LogP contribution in [0, 0.1) is 0 Å². The lowest BCUT2D eigenvalue weighted by Gasteiger charge is -2.26. The molecule has 0 aliphatic carbocycles. The van der Waals surface area contributed by atoms with Gasteiger partial charge in [-0.15, -0.1) is 24.0 Å². The standard InChI is InChI=1S/C18H30N4O3.HI/c1-3-16(24-11-1)5-6-19-18(21-15-17-4-2-12-25-17)20-7-8-22-9-13-23-14-10-22;/h1,3,11,17H,2,4-10,12-15H2,(H2,19,20,21);1H. The van der Waals surface area contributed by atoms with Gasteiger partial charge in [-0.3, -0.25) is 9.89 Å². The van der Waals surface area contributed by atoms with Crippen LogP contribution in [0.25, 0.3) is 0 Å². The first-order valence-electron chi connectivity index (χ1n) is 9.36. The lowest BCUT2D eigenvalue weighted by atomic mass is 10.2. The first-order chi connectivity index (χ1) is 12.4. The second-order valence-corrected chi connectivity index (χ2v) is 6.46. The van der Waals surface area contributed by atoms with E-state index in [0.717, 1.165) is 83.5 Å². The normalized spacial score (nSPS) is 21.4. The van der Waals surface area contributed by atoms with Gasteiger partial charge >= 0.3 is 0 Å². The third kappa shape index (κ3) is 7.81. The van der Waals surface area contributed by atoms with Crippen LogP contribution in [-0.2, 0) is 15.9 Å². The van der Waals surface area contributed by atoms with Crippen LogP contribution in [-0.4, -0.2) is 76.1 Å². The molecule has 1 aromatic rings. The van der Waals surface area contributed by atoms with Gasteiger partial charge in [0, 0.05) is 45.8 Å². The molecule has 2 aliphatic rings. The average molecular weight is 478 g/mol. The minimum absolute atomic E-state index is 0. The fourth-order valence-corrected chi connectivity index (χ4v) is 3.07. The van der Waals surface area contributed by atoms with Crippen molar-refractivity contribution in [2.45, 2.75) is 25.4 Å². The summed E-state index contributed by atoms with van der Waals surface area (Å²) in [6.07, 6.45) is 5.07. The molecule has 8 heteroatoms. The molecule has 1 aromatic heterocycles. The molecule has 0 spiro atoms. The highest BCUT2D eigenvalue weighted by Gasteiger charge is 2.15. The number of hydrogen-bond donors (Lipinski definition) is 2. The molecule has 0 amide bonds. The third-order valence-corrected chi connectivity index (χ3v) is 4.55. The monoisotopic (exact) mass is 478 g/mol. The molecule has 2 fully saturated rings. The Balaban J connectivity index is 0.00000243. The molecule has 2 N–H and O–H groups in total. The summed E-state index contributed by atoms with van der Waals surface area (Å²) in [6.45, 7) is 7.94. The van der Waals surface area contributed by atoms with Crippen molar-refractivity contribution in [3.63, 3.8) is 0 Å². The van der Waals surface area contributed by atoms with E-state index in [-0.39, 0.29) is 30.1 Å². The van der Waals surface area contributed by atoms with Gasteiger partial charge in [-0.2, -0.15) is 0 Å². The van der Waals surface area contributed by atoms with Gasteiger partial charge in [0.05, 0.1) is 32.1 Å². The fourth-order valence-electron chi connectivity index (χ4n) is 3.07. The summed E-state index contributed by atoms with van der Waals surface area (Å²) in [5.41, 5.74) is 0. The molecule has 1 unspecified atom stereocenters. The zero-order chi connectivity index (χ0) is 17.2. The first-order valence-corrected chi connectivity index (χ1v) is 9.36. The second-order valence-electron chi connectivity index (χ2n) is 6.46. The van der Waals surface area contributed by atoms with E-state index in [2.05, 4.69) is 15.5 Å². The molecule has 0 radical (unpaired) electrons. The van der Waals surface area contributed by atoms with E-state index in [1.807, 2.05) is 12.1 Å². The average Bonchev–Trinajstić information content (AvgIpc) is 3.34. The van der Waals surface area contributed by atoms with E-state index >= 15 is 0 Å². The summed E-state index contributed by atoms with van der Waals surface area (Å²) in [5, 5.41) is 6.84.